The van der Waals surface area contributed by atoms with Crippen LogP contribution in [0.4, 0.5) is 0 Å². The Morgan fingerprint density at radius 1 is 0.765 bits per heavy atom. The number of carbonyl (C=O) groups excluding carboxylic acids is 1. The lowest BCUT2D eigenvalue weighted by atomic mass is 10.1. The Hall–Kier alpha value is -1.66. The second-order valence-corrected chi connectivity index (χ2v) is 10.1. The summed E-state index contributed by atoms with van der Waals surface area (Å²) in [7, 11) is -4.00. The molecule has 0 saturated carbocycles. The van der Waals surface area contributed by atoms with E-state index in [1.54, 1.807) is 18.2 Å². The van der Waals surface area contributed by atoms with Crippen molar-refractivity contribution in [1.29, 1.82) is 0 Å². The number of amides is 1. The molecule has 1 N–H and O–H groups in total. The van der Waals surface area contributed by atoms with Crippen molar-refractivity contribution in [2.24, 2.45) is 0 Å². The molecule has 196 valence electrons. The maximum Gasteiger partial charge on any atom is 0.294 e. The minimum absolute atomic E-state index is 0.0741. The lowest BCUT2D eigenvalue weighted by Gasteiger charge is -2.18. The Labute approximate surface area is 209 Å². The highest BCUT2D eigenvalue weighted by atomic mass is 32.2. The average molecular weight is 496 g/mol. The van der Waals surface area contributed by atoms with E-state index in [-0.39, 0.29) is 4.90 Å². The van der Waals surface area contributed by atoms with E-state index in [9.17, 15) is 13.2 Å². The predicted molar refractivity (Wildman–Crippen MR) is 144 cm³/mol. The van der Waals surface area contributed by atoms with Crippen molar-refractivity contribution in [1.82, 2.24) is 4.90 Å². The molecule has 1 aromatic rings. The van der Waals surface area contributed by atoms with E-state index < -0.39 is 10.1 Å². The second kappa shape index (κ2) is 21.8. The highest BCUT2D eigenvalue weighted by molar-refractivity contribution is 7.85. The smallest absolute Gasteiger partial charge is 0.294 e. The molecule has 0 saturated heterocycles. The quantitative estimate of drug-likeness (QED) is 0.128. The van der Waals surface area contributed by atoms with E-state index in [2.05, 4.69) is 32.9 Å². The van der Waals surface area contributed by atoms with Gasteiger partial charge in [-0.15, -0.1) is 0 Å². The van der Waals surface area contributed by atoms with Crippen LogP contribution in [-0.4, -0.2) is 36.9 Å². The zero-order valence-corrected chi connectivity index (χ0v) is 22.7. The van der Waals surface area contributed by atoms with Crippen LogP contribution in [0.3, 0.4) is 0 Å². The molecule has 0 aliphatic heterocycles. The van der Waals surface area contributed by atoms with Gasteiger partial charge >= 0.3 is 0 Å². The molecule has 0 spiro atoms. The minimum Gasteiger partial charge on any atom is -0.343 e. The lowest BCUT2D eigenvalue weighted by Crippen LogP contribution is -2.30. The summed E-state index contributed by atoms with van der Waals surface area (Å²) in [4.78, 5) is 13.7. The summed E-state index contributed by atoms with van der Waals surface area (Å²) in [5.74, 6) is 0.331. The summed E-state index contributed by atoms with van der Waals surface area (Å²) in [6.45, 7) is 8.08. The van der Waals surface area contributed by atoms with Crippen LogP contribution in [0, 0.1) is 0 Å². The normalized spacial score (nSPS) is 11.3. The minimum atomic E-state index is -4.00. The van der Waals surface area contributed by atoms with Gasteiger partial charge in [-0.3, -0.25) is 9.35 Å². The van der Waals surface area contributed by atoms with Crippen LogP contribution in [-0.2, 0) is 14.9 Å². The largest absolute Gasteiger partial charge is 0.343 e. The zero-order valence-electron chi connectivity index (χ0n) is 21.9. The number of rotatable bonds is 18. The molecule has 1 rings (SSSR count). The zero-order chi connectivity index (χ0) is 25.5. The van der Waals surface area contributed by atoms with Crippen LogP contribution in [0.25, 0.3) is 0 Å². The van der Waals surface area contributed by atoms with E-state index in [1.807, 2.05) is 4.90 Å². The average Bonchev–Trinajstić information content (AvgIpc) is 2.83. The number of nitrogens with zero attached hydrogens (tertiary/aromatic N) is 1. The Balaban J connectivity index is 0.000000896. The standard InChI is InChI=1S/C22H43NO.C6H6O3S/c1-4-7-8-9-10-11-12-13-14-15-16-17-18-19-20-21-22(24)23(5-2)6-3;7-10(8,9)6-4-2-1-3-5-6/h13-14H,4-12,15-21H2,1-3H3;1-5H,(H,7,8,9)/b14-13-;. The summed E-state index contributed by atoms with van der Waals surface area (Å²) < 4.78 is 29.2. The molecule has 0 bridgehead atoms. The van der Waals surface area contributed by atoms with Gasteiger partial charge < -0.3 is 4.90 Å². The SMILES string of the molecule is CCCCCCCC/C=C\CCCCCCCC(=O)N(CC)CC.O=S(=O)(O)c1ccccc1. The lowest BCUT2D eigenvalue weighted by molar-refractivity contribution is -0.130. The van der Waals surface area contributed by atoms with Gasteiger partial charge in [0.15, 0.2) is 0 Å². The van der Waals surface area contributed by atoms with Crippen molar-refractivity contribution in [2.45, 2.75) is 116 Å². The number of carbonyl (C=O) groups is 1. The first-order valence-electron chi connectivity index (χ1n) is 13.3. The fourth-order valence-electron chi connectivity index (χ4n) is 3.67. The van der Waals surface area contributed by atoms with Gasteiger partial charge in [0.1, 0.15) is 0 Å². The van der Waals surface area contributed by atoms with Gasteiger partial charge in [0, 0.05) is 19.5 Å². The Morgan fingerprint density at radius 2 is 1.24 bits per heavy atom. The summed E-state index contributed by atoms with van der Waals surface area (Å²) in [6.07, 6.45) is 22.5. The fourth-order valence-corrected chi connectivity index (χ4v) is 4.17. The Kier molecular flexibility index (Phi) is 20.8. The maximum atomic E-state index is 11.9. The number of allylic oxidation sites excluding steroid dienone is 2. The molecule has 34 heavy (non-hydrogen) atoms. The van der Waals surface area contributed by atoms with Gasteiger partial charge in [-0.25, -0.2) is 0 Å². The van der Waals surface area contributed by atoms with Crippen LogP contribution in [0.5, 0.6) is 0 Å². The third-order valence-electron chi connectivity index (χ3n) is 5.81. The molecule has 0 aliphatic rings. The molecular formula is C28H49NO4S. The molecule has 0 radical (unpaired) electrons. The van der Waals surface area contributed by atoms with Crippen molar-refractivity contribution in [3.63, 3.8) is 0 Å². The first-order chi connectivity index (χ1) is 16.4. The third kappa shape index (κ3) is 18.7. The fraction of sp³-hybridized carbons (Fsp3) is 0.679. The van der Waals surface area contributed by atoms with Gasteiger partial charge in [-0.05, 0) is 58.1 Å². The van der Waals surface area contributed by atoms with Crippen LogP contribution >= 0.6 is 0 Å². The molecule has 0 aromatic heterocycles. The molecule has 5 nitrogen and oxygen atoms in total. The molecule has 0 fully saturated rings. The van der Waals surface area contributed by atoms with Gasteiger partial charge in [0.25, 0.3) is 10.1 Å². The molecule has 0 aliphatic carbocycles. The van der Waals surface area contributed by atoms with Crippen molar-refractivity contribution in [3.8, 4) is 0 Å². The number of hydrogen-bond acceptors (Lipinski definition) is 3. The van der Waals surface area contributed by atoms with Gasteiger partial charge in [-0.2, -0.15) is 8.42 Å². The molecular weight excluding hydrogens is 446 g/mol. The molecule has 0 heterocycles. The third-order valence-corrected chi connectivity index (χ3v) is 6.68. The number of benzene rings is 1. The molecule has 6 heteroatoms. The molecule has 0 unspecified atom stereocenters. The Bertz CT molecular complexity index is 728. The topological polar surface area (TPSA) is 74.7 Å². The van der Waals surface area contributed by atoms with Crippen molar-refractivity contribution < 1.29 is 17.8 Å². The highest BCUT2D eigenvalue weighted by Crippen LogP contribution is 2.10. The summed E-state index contributed by atoms with van der Waals surface area (Å²) in [5.41, 5.74) is 0. The van der Waals surface area contributed by atoms with E-state index in [0.717, 1.165) is 25.9 Å². The molecule has 0 atom stereocenters. The summed E-state index contributed by atoms with van der Waals surface area (Å²) >= 11 is 0. The summed E-state index contributed by atoms with van der Waals surface area (Å²) in [6, 6.07) is 7.42. The van der Waals surface area contributed by atoms with E-state index in [4.69, 9.17) is 4.55 Å². The highest BCUT2D eigenvalue weighted by Gasteiger charge is 2.08. The van der Waals surface area contributed by atoms with Crippen molar-refractivity contribution in [2.75, 3.05) is 13.1 Å². The van der Waals surface area contributed by atoms with E-state index in [0.29, 0.717) is 5.91 Å². The first-order valence-corrected chi connectivity index (χ1v) is 14.8. The number of hydrogen-bond donors (Lipinski definition) is 1. The Morgan fingerprint density at radius 3 is 1.68 bits per heavy atom. The van der Waals surface area contributed by atoms with Crippen LogP contribution in [0.15, 0.2) is 47.4 Å². The van der Waals surface area contributed by atoms with Gasteiger partial charge in [0.2, 0.25) is 5.91 Å². The molecule has 1 amide bonds. The second-order valence-electron chi connectivity index (χ2n) is 8.69. The first kappa shape index (κ1) is 32.3. The van der Waals surface area contributed by atoms with E-state index in [1.165, 1.54) is 89.2 Å². The van der Waals surface area contributed by atoms with Crippen molar-refractivity contribution in [3.05, 3.63) is 42.5 Å². The number of unbranched alkanes of at least 4 members (excludes halogenated alkanes) is 11. The predicted octanol–water partition coefficient (Wildman–Crippen LogP) is 7.83. The monoisotopic (exact) mass is 495 g/mol. The van der Waals surface area contributed by atoms with Crippen molar-refractivity contribution >= 4 is 16.0 Å². The van der Waals surface area contributed by atoms with Crippen LogP contribution in [0.1, 0.15) is 111 Å². The summed E-state index contributed by atoms with van der Waals surface area (Å²) in [5, 5.41) is 0. The van der Waals surface area contributed by atoms with Crippen LogP contribution in [0.2, 0.25) is 0 Å². The van der Waals surface area contributed by atoms with E-state index >= 15 is 0 Å². The maximum absolute atomic E-state index is 11.9. The van der Waals surface area contributed by atoms with Gasteiger partial charge in [0.05, 0.1) is 4.90 Å². The van der Waals surface area contributed by atoms with Crippen LogP contribution < -0.4 is 0 Å². The van der Waals surface area contributed by atoms with Gasteiger partial charge in [-0.1, -0.05) is 88.6 Å². The molecule has 1 aromatic carbocycles.